The average Bonchev–Trinajstić information content (AvgIpc) is 3.10. The number of benzene rings is 2. The van der Waals surface area contributed by atoms with Crippen molar-refractivity contribution in [2.45, 2.75) is 26.8 Å². The van der Waals surface area contributed by atoms with Gasteiger partial charge in [0.05, 0.1) is 38.6 Å². The first-order valence-electron chi connectivity index (χ1n) is 10.7. The summed E-state index contributed by atoms with van der Waals surface area (Å²) in [5, 5.41) is 9.81. The summed E-state index contributed by atoms with van der Waals surface area (Å²) in [6.45, 7) is 6.17. The summed E-state index contributed by atoms with van der Waals surface area (Å²) >= 11 is 3.30. The molecule has 0 aliphatic carbocycles. The Morgan fingerprint density at radius 1 is 1.21 bits per heavy atom. The highest BCUT2D eigenvalue weighted by atomic mass is 127. The zero-order chi connectivity index (χ0) is 24.4. The maximum Gasteiger partial charge on any atom is 0.338 e. The number of ether oxygens (including phenoxy) is 2. The summed E-state index contributed by atoms with van der Waals surface area (Å²) in [6.07, 6.45) is 1.77. The third kappa shape index (κ3) is 4.67. The predicted molar refractivity (Wildman–Crippen MR) is 139 cm³/mol. The van der Waals surface area contributed by atoms with Gasteiger partial charge in [-0.25, -0.2) is 9.79 Å². The van der Waals surface area contributed by atoms with Crippen LogP contribution in [-0.4, -0.2) is 28.9 Å². The van der Waals surface area contributed by atoms with E-state index in [2.05, 4.69) is 4.99 Å². The molecule has 0 fully saturated rings. The molecule has 2 heterocycles. The number of esters is 1. The highest BCUT2D eigenvalue weighted by molar-refractivity contribution is 14.1. The number of nitrogens with zero attached hydrogens (tertiary/aromatic N) is 2. The molecule has 0 saturated heterocycles. The van der Waals surface area contributed by atoms with Crippen molar-refractivity contribution in [3.63, 3.8) is 0 Å². The molecule has 2 aromatic carbocycles. The van der Waals surface area contributed by atoms with Crippen LogP contribution in [0.15, 0.2) is 63.5 Å². The van der Waals surface area contributed by atoms with Gasteiger partial charge in [-0.1, -0.05) is 29.5 Å². The number of hydrogen-bond donors (Lipinski definition) is 1. The van der Waals surface area contributed by atoms with Crippen LogP contribution < -0.4 is 19.6 Å². The highest BCUT2D eigenvalue weighted by Crippen LogP contribution is 2.31. The molecule has 0 radical (unpaired) electrons. The second-order valence-electron chi connectivity index (χ2n) is 7.52. The highest BCUT2D eigenvalue weighted by Gasteiger charge is 2.33. The molecule has 34 heavy (non-hydrogen) atoms. The number of carbonyl (C=O) groups is 1. The number of allylic oxidation sites excluding steroid dienone is 1. The molecule has 1 aliphatic rings. The Kier molecular flexibility index (Phi) is 7.22. The number of phenolic OH excluding ortho intramolecular Hbond substituents is 1. The fourth-order valence-corrected chi connectivity index (χ4v) is 5.37. The van der Waals surface area contributed by atoms with Crippen LogP contribution in [0.3, 0.4) is 0 Å². The quantitative estimate of drug-likeness (QED) is 0.351. The number of thiazole rings is 1. The smallest absolute Gasteiger partial charge is 0.338 e. The minimum atomic E-state index is -0.673. The number of rotatable bonds is 6. The van der Waals surface area contributed by atoms with Crippen molar-refractivity contribution in [1.29, 1.82) is 0 Å². The topological polar surface area (TPSA) is 90.1 Å². The van der Waals surface area contributed by atoms with E-state index in [1.807, 2.05) is 53.8 Å². The SMILES string of the molecule is CCOC(=O)C1=C(C)N=c2s/c(=C\c3ccc(O)c(I)c3)c(=O)n2[C@H]1c1ccc(OCC)cc1. The first-order valence-corrected chi connectivity index (χ1v) is 12.6. The molecule has 1 aromatic heterocycles. The molecule has 4 rings (SSSR count). The monoisotopic (exact) mass is 590 g/mol. The van der Waals surface area contributed by atoms with Gasteiger partial charge in [-0.2, -0.15) is 0 Å². The van der Waals surface area contributed by atoms with Gasteiger partial charge in [0, 0.05) is 0 Å². The normalized spacial score (nSPS) is 15.6. The molecule has 7 nitrogen and oxygen atoms in total. The summed E-state index contributed by atoms with van der Waals surface area (Å²) in [7, 11) is 0. The lowest BCUT2D eigenvalue weighted by molar-refractivity contribution is -0.139. The summed E-state index contributed by atoms with van der Waals surface area (Å²) in [4.78, 5) is 31.6. The Hall–Kier alpha value is -2.92. The van der Waals surface area contributed by atoms with Crippen LogP contribution >= 0.6 is 33.9 Å². The average molecular weight is 590 g/mol. The lowest BCUT2D eigenvalue weighted by Crippen LogP contribution is -2.39. The molecule has 176 valence electrons. The Morgan fingerprint density at radius 2 is 1.94 bits per heavy atom. The Morgan fingerprint density at radius 3 is 2.59 bits per heavy atom. The number of hydrogen-bond acceptors (Lipinski definition) is 7. The minimum absolute atomic E-state index is 0.185. The van der Waals surface area contributed by atoms with Crippen LogP contribution in [0.25, 0.3) is 6.08 Å². The number of aromatic hydroxyl groups is 1. The van der Waals surface area contributed by atoms with Gasteiger partial charge in [0.25, 0.3) is 5.56 Å². The van der Waals surface area contributed by atoms with Crippen molar-refractivity contribution in [2.24, 2.45) is 4.99 Å². The molecule has 0 unspecified atom stereocenters. The lowest BCUT2D eigenvalue weighted by atomic mass is 9.96. The minimum Gasteiger partial charge on any atom is -0.507 e. The second kappa shape index (κ2) is 10.1. The van der Waals surface area contributed by atoms with Crippen LogP contribution in [0.2, 0.25) is 0 Å². The van der Waals surface area contributed by atoms with Crippen molar-refractivity contribution in [1.82, 2.24) is 4.57 Å². The maximum absolute atomic E-state index is 13.6. The molecule has 1 aliphatic heterocycles. The molecular weight excluding hydrogens is 567 g/mol. The number of phenols is 1. The number of fused-ring (bicyclic) bond motifs is 1. The fourth-order valence-electron chi connectivity index (χ4n) is 3.78. The van der Waals surface area contributed by atoms with E-state index in [1.54, 1.807) is 42.7 Å². The Bertz CT molecular complexity index is 1450. The van der Waals surface area contributed by atoms with Crippen molar-refractivity contribution < 1.29 is 19.4 Å². The maximum atomic E-state index is 13.6. The van der Waals surface area contributed by atoms with E-state index in [-0.39, 0.29) is 17.9 Å². The zero-order valence-corrected chi connectivity index (χ0v) is 21.8. The molecule has 3 aromatic rings. The zero-order valence-electron chi connectivity index (χ0n) is 18.9. The fraction of sp³-hybridized carbons (Fsp3) is 0.240. The predicted octanol–water partition coefficient (Wildman–Crippen LogP) is 3.51. The van der Waals surface area contributed by atoms with E-state index in [1.165, 1.54) is 11.3 Å². The molecule has 1 atom stereocenters. The summed E-state index contributed by atoms with van der Waals surface area (Å²) < 4.78 is 13.6. The first kappa shape index (κ1) is 24.2. The van der Waals surface area contributed by atoms with Gasteiger partial charge in [-0.15, -0.1) is 0 Å². The van der Waals surface area contributed by atoms with Gasteiger partial charge in [-0.05, 0) is 84.8 Å². The summed E-state index contributed by atoms with van der Waals surface area (Å²) in [5.74, 6) is 0.397. The molecule has 0 saturated carbocycles. The van der Waals surface area contributed by atoms with Gasteiger partial charge in [0.15, 0.2) is 4.80 Å². The lowest BCUT2D eigenvalue weighted by Gasteiger charge is -2.24. The Labute approximate surface area is 213 Å². The van der Waals surface area contributed by atoms with E-state index in [0.717, 1.165) is 11.1 Å². The van der Waals surface area contributed by atoms with Crippen LogP contribution in [0.1, 0.15) is 37.9 Å². The van der Waals surface area contributed by atoms with E-state index in [9.17, 15) is 14.7 Å². The number of aromatic nitrogens is 1. The second-order valence-corrected chi connectivity index (χ2v) is 9.69. The number of halogens is 1. The van der Waals surface area contributed by atoms with Gasteiger partial charge < -0.3 is 14.6 Å². The number of carbonyl (C=O) groups excluding carboxylic acids is 1. The van der Waals surface area contributed by atoms with Gasteiger partial charge in [-0.3, -0.25) is 9.36 Å². The Balaban J connectivity index is 1.91. The van der Waals surface area contributed by atoms with E-state index in [4.69, 9.17) is 9.47 Å². The molecule has 0 bridgehead atoms. The van der Waals surface area contributed by atoms with E-state index in [0.29, 0.717) is 36.5 Å². The molecular formula is C25H23IN2O5S. The van der Waals surface area contributed by atoms with Crippen molar-refractivity contribution in [3.8, 4) is 11.5 Å². The van der Waals surface area contributed by atoms with Crippen LogP contribution in [0.4, 0.5) is 0 Å². The van der Waals surface area contributed by atoms with Crippen LogP contribution in [0, 0.1) is 3.57 Å². The van der Waals surface area contributed by atoms with Crippen LogP contribution in [0.5, 0.6) is 11.5 Å². The molecule has 1 N–H and O–H groups in total. The molecule has 9 heteroatoms. The van der Waals surface area contributed by atoms with Crippen LogP contribution in [-0.2, 0) is 9.53 Å². The van der Waals surface area contributed by atoms with Gasteiger partial charge in [0.2, 0.25) is 0 Å². The van der Waals surface area contributed by atoms with Crippen molar-refractivity contribution in [2.75, 3.05) is 13.2 Å². The molecule has 0 amide bonds. The van der Waals surface area contributed by atoms with E-state index >= 15 is 0 Å². The largest absolute Gasteiger partial charge is 0.507 e. The summed E-state index contributed by atoms with van der Waals surface area (Å²) in [5.41, 5.74) is 2.15. The standard InChI is InChI=1S/C25H23IN2O5S/c1-4-32-17-9-7-16(8-10-17)22-21(24(31)33-5-2)14(3)27-25-28(22)23(30)20(34-25)13-15-6-11-19(29)18(26)12-15/h6-13,22,29H,4-5H2,1-3H3/b20-13-/t22-/m0/s1. The van der Waals surface area contributed by atoms with Crippen molar-refractivity contribution >= 4 is 46.0 Å². The first-order chi connectivity index (χ1) is 16.3. The third-order valence-corrected chi connectivity index (χ3v) is 7.14. The van der Waals surface area contributed by atoms with Crippen molar-refractivity contribution in [3.05, 3.63) is 88.1 Å². The van der Waals surface area contributed by atoms with Gasteiger partial charge in [0.1, 0.15) is 11.5 Å². The third-order valence-electron chi connectivity index (χ3n) is 5.29. The summed E-state index contributed by atoms with van der Waals surface area (Å²) in [6, 6.07) is 11.8. The molecule has 0 spiro atoms. The van der Waals surface area contributed by atoms with Gasteiger partial charge >= 0.3 is 5.97 Å². The van der Waals surface area contributed by atoms with E-state index < -0.39 is 12.0 Å².